The minimum absolute atomic E-state index is 0.0429. The SMILES string of the molecule is Cc1ccc(N2C(=O)CCC(C(=O)NCc3ccccn3)C2c2cccs2)cc1. The molecule has 148 valence electrons. The van der Waals surface area contributed by atoms with Gasteiger partial charge in [-0.3, -0.25) is 14.6 Å². The van der Waals surface area contributed by atoms with Crippen LogP contribution in [0.3, 0.4) is 0 Å². The number of nitrogens with zero attached hydrogens (tertiary/aromatic N) is 2. The monoisotopic (exact) mass is 405 g/mol. The molecule has 5 nitrogen and oxygen atoms in total. The van der Waals surface area contributed by atoms with Crippen LogP contribution in [-0.2, 0) is 16.1 Å². The minimum Gasteiger partial charge on any atom is -0.350 e. The van der Waals surface area contributed by atoms with Gasteiger partial charge in [-0.15, -0.1) is 11.3 Å². The Kier molecular flexibility index (Phi) is 5.71. The van der Waals surface area contributed by atoms with Crippen LogP contribution in [0.15, 0.2) is 66.2 Å². The molecule has 0 radical (unpaired) electrons. The molecule has 2 amide bonds. The maximum atomic E-state index is 13.1. The summed E-state index contributed by atoms with van der Waals surface area (Å²) in [5, 5.41) is 5.01. The lowest BCUT2D eigenvalue weighted by molar-refractivity contribution is -0.129. The summed E-state index contributed by atoms with van der Waals surface area (Å²) in [6, 6.07) is 17.2. The number of carbonyl (C=O) groups excluding carboxylic acids is 2. The Morgan fingerprint density at radius 1 is 1.17 bits per heavy atom. The van der Waals surface area contributed by atoms with E-state index in [-0.39, 0.29) is 23.8 Å². The van der Waals surface area contributed by atoms with Crippen molar-refractivity contribution in [3.63, 3.8) is 0 Å². The van der Waals surface area contributed by atoms with Gasteiger partial charge in [0, 0.05) is 23.2 Å². The molecular formula is C23H23N3O2S. The highest BCUT2D eigenvalue weighted by Crippen LogP contribution is 2.41. The molecule has 2 aromatic heterocycles. The van der Waals surface area contributed by atoms with Gasteiger partial charge in [-0.1, -0.05) is 29.8 Å². The zero-order chi connectivity index (χ0) is 20.2. The van der Waals surface area contributed by atoms with Crippen molar-refractivity contribution in [2.75, 3.05) is 4.90 Å². The molecular weight excluding hydrogens is 382 g/mol. The van der Waals surface area contributed by atoms with E-state index in [1.54, 1.807) is 22.4 Å². The highest BCUT2D eigenvalue weighted by molar-refractivity contribution is 7.10. The number of rotatable bonds is 5. The summed E-state index contributed by atoms with van der Waals surface area (Å²) >= 11 is 1.58. The smallest absolute Gasteiger partial charge is 0.227 e. The van der Waals surface area contributed by atoms with E-state index in [0.29, 0.717) is 19.4 Å². The Morgan fingerprint density at radius 3 is 2.69 bits per heavy atom. The topological polar surface area (TPSA) is 62.3 Å². The van der Waals surface area contributed by atoms with Crippen LogP contribution >= 0.6 is 11.3 Å². The predicted octanol–water partition coefficient (Wildman–Crippen LogP) is 4.25. The zero-order valence-corrected chi connectivity index (χ0v) is 17.1. The third-order valence-electron chi connectivity index (χ3n) is 5.25. The first-order valence-electron chi connectivity index (χ1n) is 9.73. The average Bonchev–Trinajstić information content (AvgIpc) is 3.28. The molecule has 0 spiro atoms. The predicted molar refractivity (Wildman–Crippen MR) is 115 cm³/mol. The fraction of sp³-hybridized carbons (Fsp3) is 0.261. The first kappa shape index (κ1) is 19.3. The Bertz CT molecular complexity index is 971. The number of amides is 2. The van der Waals surface area contributed by atoms with E-state index in [1.807, 2.05) is 66.9 Å². The van der Waals surface area contributed by atoms with E-state index in [2.05, 4.69) is 10.3 Å². The lowest BCUT2D eigenvalue weighted by Crippen LogP contribution is -2.48. The second kappa shape index (κ2) is 8.57. The molecule has 2 atom stereocenters. The standard InChI is InChI=1S/C23H23N3O2S/c1-16-7-9-18(10-8-16)26-21(27)12-11-19(22(26)20-6-4-14-29-20)23(28)25-15-17-5-2-3-13-24-17/h2-10,13-14,19,22H,11-12,15H2,1H3,(H,25,28). The van der Waals surface area contributed by atoms with Crippen LogP contribution in [0.1, 0.15) is 35.0 Å². The van der Waals surface area contributed by atoms with Gasteiger partial charge < -0.3 is 10.2 Å². The number of hydrogen-bond acceptors (Lipinski definition) is 4. The summed E-state index contributed by atoms with van der Waals surface area (Å²) in [6.07, 6.45) is 2.61. The van der Waals surface area contributed by atoms with Crippen LogP contribution in [-0.4, -0.2) is 16.8 Å². The van der Waals surface area contributed by atoms with Crippen molar-refractivity contribution >= 4 is 28.8 Å². The number of benzene rings is 1. The van der Waals surface area contributed by atoms with Gasteiger partial charge in [0.05, 0.1) is 24.2 Å². The highest BCUT2D eigenvalue weighted by Gasteiger charge is 2.41. The quantitative estimate of drug-likeness (QED) is 0.690. The summed E-state index contributed by atoms with van der Waals surface area (Å²) in [5.74, 6) is -0.295. The second-order valence-electron chi connectivity index (χ2n) is 7.24. The first-order chi connectivity index (χ1) is 14.1. The molecule has 4 rings (SSSR count). The normalized spacial score (nSPS) is 19.2. The lowest BCUT2D eigenvalue weighted by Gasteiger charge is -2.40. The number of aromatic nitrogens is 1. The van der Waals surface area contributed by atoms with E-state index in [1.165, 1.54) is 0 Å². The fourth-order valence-corrected chi connectivity index (χ4v) is 4.65. The molecule has 1 fully saturated rings. The summed E-state index contributed by atoms with van der Waals surface area (Å²) in [6.45, 7) is 2.40. The zero-order valence-electron chi connectivity index (χ0n) is 16.2. The number of hydrogen-bond donors (Lipinski definition) is 1. The number of aryl methyl sites for hydroxylation is 1. The fourth-order valence-electron chi connectivity index (χ4n) is 3.77. The molecule has 29 heavy (non-hydrogen) atoms. The van der Waals surface area contributed by atoms with Crippen molar-refractivity contribution in [3.05, 3.63) is 82.3 Å². The van der Waals surface area contributed by atoms with Crippen molar-refractivity contribution in [1.29, 1.82) is 0 Å². The second-order valence-corrected chi connectivity index (χ2v) is 8.22. The molecule has 2 unspecified atom stereocenters. The third-order valence-corrected chi connectivity index (χ3v) is 6.19. The summed E-state index contributed by atoms with van der Waals surface area (Å²) in [5.41, 5.74) is 2.78. The average molecular weight is 406 g/mol. The largest absolute Gasteiger partial charge is 0.350 e. The van der Waals surface area contributed by atoms with Crippen molar-refractivity contribution in [2.45, 2.75) is 32.4 Å². The molecule has 0 aliphatic carbocycles. The summed E-state index contributed by atoms with van der Waals surface area (Å²) in [7, 11) is 0. The Labute approximate surface area is 174 Å². The van der Waals surface area contributed by atoms with Crippen molar-refractivity contribution < 1.29 is 9.59 Å². The number of piperidine rings is 1. The maximum Gasteiger partial charge on any atom is 0.227 e. The van der Waals surface area contributed by atoms with E-state index in [9.17, 15) is 9.59 Å². The molecule has 1 saturated heterocycles. The van der Waals surface area contributed by atoms with Crippen LogP contribution in [0, 0.1) is 12.8 Å². The molecule has 0 saturated carbocycles. The molecule has 3 heterocycles. The molecule has 0 bridgehead atoms. The third kappa shape index (κ3) is 4.22. The van der Waals surface area contributed by atoms with E-state index in [0.717, 1.165) is 21.8 Å². The lowest BCUT2D eigenvalue weighted by atomic mass is 9.86. The molecule has 1 aromatic carbocycles. The van der Waals surface area contributed by atoms with Gasteiger partial charge in [0.15, 0.2) is 0 Å². The van der Waals surface area contributed by atoms with Gasteiger partial charge in [0.2, 0.25) is 11.8 Å². The highest BCUT2D eigenvalue weighted by atomic mass is 32.1. The van der Waals surface area contributed by atoms with Gasteiger partial charge in [0.1, 0.15) is 0 Å². The molecule has 1 aliphatic heterocycles. The molecule has 1 N–H and O–H groups in total. The van der Waals surface area contributed by atoms with Gasteiger partial charge >= 0.3 is 0 Å². The van der Waals surface area contributed by atoms with Gasteiger partial charge in [-0.2, -0.15) is 0 Å². The van der Waals surface area contributed by atoms with Crippen LogP contribution in [0.2, 0.25) is 0 Å². The van der Waals surface area contributed by atoms with Gasteiger partial charge in [0.25, 0.3) is 0 Å². The number of carbonyl (C=O) groups is 2. The van der Waals surface area contributed by atoms with E-state index >= 15 is 0 Å². The van der Waals surface area contributed by atoms with Crippen LogP contribution in [0.25, 0.3) is 0 Å². The number of anilines is 1. The number of thiophene rings is 1. The Morgan fingerprint density at radius 2 is 2.00 bits per heavy atom. The Hall–Kier alpha value is -2.99. The van der Waals surface area contributed by atoms with Crippen LogP contribution < -0.4 is 10.2 Å². The van der Waals surface area contributed by atoms with E-state index < -0.39 is 0 Å². The van der Waals surface area contributed by atoms with Crippen molar-refractivity contribution in [3.8, 4) is 0 Å². The van der Waals surface area contributed by atoms with Crippen molar-refractivity contribution in [2.24, 2.45) is 5.92 Å². The van der Waals surface area contributed by atoms with Gasteiger partial charge in [-0.25, -0.2) is 0 Å². The Balaban J connectivity index is 1.62. The van der Waals surface area contributed by atoms with Crippen LogP contribution in [0.4, 0.5) is 5.69 Å². The van der Waals surface area contributed by atoms with Gasteiger partial charge in [-0.05, 0) is 49.1 Å². The molecule has 3 aromatic rings. The molecule has 6 heteroatoms. The maximum absolute atomic E-state index is 13.1. The minimum atomic E-state index is -0.309. The molecule has 1 aliphatic rings. The number of pyridine rings is 1. The first-order valence-corrected chi connectivity index (χ1v) is 10.6. The van der Waals surface area contributed by atoms with E-state index in [4.69, 9.17) is 0 Å². The number of nitrogens with one attached hydrogen (secondary N) is 1. The summed E-state index contributed by atoms with van der Waals surface area (Å²) < 4.78 is 0. The van der Waals surface area contributed by atoms with Crippen molar-refractivity contribution in [1.82, 2.24) is 10.3 Å². The summed E-state index contributed by atoms with van der Waals surface area (Å²) in [4.78, 5) is 33.2. The van der Waals surface area contributed by atoms with Crippen LogP contribution in [0.5, 0.6) is 0 Å².